The van der Waals surface area contributed by atoms with Crippen LogP contribution in [0.2, 0.25) is 0 Å². The highest BCUT2D eigenvalue weighted by molar-refractivity contribution is 7.11. The summed E-state index contributed by atoms with van der Waals surface area (Å²) >= 11 is 1.32. The summed E-state index contributed by atoms with van der Waals surface area (Å²) < 4.78 is 11.8. The molecule has 1 saturated carbocycles. The molecule has 0 spiro atoms. The summed E-state index contributed by atoms with van der Waals surface area (Å²) in [5, 5.41) is 22.2. The molecule has 0 unspecified atom stereocenters. The zero-order chi connectivity index (χ0) is 24.8. The van der Waals surface area contributed by atoms with Crippen LogP contribution in [0.25, 0.3) is 5.76 Å². The predicted octanol–water partition coefficient (Wildman–Crippen LogP) is 5.05. The van der Waals surface area contributed by atoms with Gasteiger partial charge in [0.2, 0.25) is 17.6 Å². The Morgan fingerprint density at radius 3 is 2.77 bits per heavy atom. The second-order valence-corrected chi connectivity index (χ2v) is 9.97. The first-order valence-corrected chi connectivity index (χ1v) is 13.2. The van der Waals surface area contributed by atoms with E-state index in [1.807, 2.05) is 6.92 Å². The highest BCUT2D eigenvalue weighted by Crippen LogP contribution is 2.31. The number of aromatic nitrogens is 3. The van der Waals surface area contributed by atoms with Crippen LogP contribution in [0.15, 0.2) is 23.2 Å². The van der Waals surface area contributed by atoms with E-state index in [0.717, 1.165) is 32.2 Å². The quantitative estimate of drug-likeness (QED) is 0.344. The number of nitrogens with one attached hydrogen (secondary N) is 1. The lowest BCUT2D eigenvalue weighted by Gasteiger charge is -2.23. The standard InChI is InChI=1S/C25H33N5O4S/c1-3-7-18(22(26)17-9-4-5-10-19(17)31)23(32)24-28-20(33-15-16-8-6-12-30(16)2)14-21(29-24)34-25-27-11-13-35-25/h11,13-14,16-17,26,32H,3-10,12,15H2,1-2H3/b23-18-,26-22?/t16-,17-/m0/s1. The van der Waals surface area contributed by atoms with Gasteiger partial charge in [-0.05, 0) is 45.7 Å². The van der Waals surface area contributed by atoms with Gasteiger partial charge in [0.05, 0.1) is 12.0 Å². The van der Waals surface area contributed by atoms with Crippen molar-refractivity contribution < 1.29 is 19.4 Å². The highest BCUT2D eigenvalue weighted by atomic mass is 32.1. The first-order valence-electron chi connectivity index (χ1n) is 12.3. The van der Waals surface area contributed by atoms with Crippen LogP contribution >= 0.6 is 11.3 Å². The van der Waals surface area contributed by atoms with Crippen molar-refractivity contribution in [3.05, 3.63) is 29.0 Å². The molecule has 2 aromatic rings. The van der Waals surface area contributed by atoms with Crippen molar-refractivity contribution >= 4 is 28.6 Å². The number of ether oxygens (including phenoxy) is 2. The Labute approximate surface area is 209 Å². The number of aliphatic hydroxyl groups is 1. The second-order valence-electron chi connectivity index (χ2n) is 9.11. The number of ketones is 1. The first-order chi connectivity index (χ1) is 17.0. The summed E-state index contributed by atoms with van der Waals surface area (Å²) in [4.78, 5) is 27.8. The molecule has 2 atom stereocenters. The van der Waals surface area contributed by atoms with Crippen molar-refractivity contribution in [2.45, 2.75) is 64.3 Å². The Morgan fingerprint density at radius 2 is 2.09 bits per heavy atom. The van der Waals surface area contributed by atoms with Crippen molar-refractivity contribution in [2.24, 2.45) is 5.92 Å². The third-order valence-electron chi connectivity index (χ3n) is 6.60. The molecule has 0 aromatic carbocycles. The van der Waals surface area contributed by atoms with Gasteiger partial charge in [0.1, 0.15) is 12.4 Å². The zero-order valence-electron chi connectivity index (χ0n) is 20.3. The molecule has 0 amide bonds. The molecule has 4 rings (SSSR count). The van der Waals surface area contributed by atoms with E-state index >= 15 is 0 Å². The van der Waals surface area contributed by atoms with E-state index in [1.165, 1.54) is 11.3 Å². The van der Waals surface area contributed by atoms with Gasteiger partial charge in [0.25, 0.3) is 5.19 Å². The smallest absolute Gasteiger partial charge is 0.279 e. The van der Waals surface area contributed by atoms with Crippen LogP contribution in [0, 0.1) is 11.3 Å². The molecular formula is C25H33N5O4S. The molecule has 1 saturated heterocycles. The Morgan fingerprint density at radius 1 is 1.26 bits per heavy atom. The fourth-order valence-corrected chi connectivity index (χ4v) is 5.12. The number of hydrogen-bond donors (Lipinski definition) is 2. The molecule has 0 bridgehead atoms. The Bertz CT molecular complexity index is 1070. The molecule has 1 aliphatic heterocycles. The van der Waals surface area contributed by atoms with E-state index in [9.17, 15) is 9.90 Å². The van der Waals surface area contributed by atoms with Gasteiger partial charge in [0.15, 0.2) is 5.76 Å². The summed E-state index contributed by atoms with van der Waals surface area (Å²) in [5.74, 6) is -0.134. The maximum Gasteiger partial charge on any atom is 0.279 e. The monoisotopic (exact) mass is 499 g/mol. The fraction of sp³-hybridized carbons (Fsp3) is 0.560. The molecule has 0 radical (unpaired) electrons. The van der Waals surface area contributed by atoms with E-state index in [2.05, 4.69) is 26.9 Å². The number of thiazole rings is 1. The van der Waals surface area contributed by atoms with Gasteiger partial charge in [-0.3, -0.25) is 4.79 Å². The van der Waals surface area contributed by atoms with Crippen molar-refractivity contribution in [3.8, 4) is 17.0 Å². The summed E-state index contributed by atoms with van der Waals surface area (Å²) in [7, 11) is 2.08. The molecule has 2 aromatic heterocycles. The largest absolute Gasteiger partial charge is 0.504 e. The molecular weight excluding hydrogens is 466 g/mol. The average molecular weight is 500 g/mol. The maximum atomic E-state index is 12.5. The van der Waals surface area contributed by atoms with Gasteiger partial charge >= 0.3 is 0 Å². The van der Waals surface area contributed by atoms with Crippen molar-refractivity contribution in [1.29, 1.82) is 5.41 Å². The van der Waals surface area contributed by atoms with Crippen LogP contribution in [-0.4, -0.2) is 62.7 Å². The number of likely N-dealkylation sites (tertiary alicyclic amines) is 1. The van der Waals surface area contributed by atoms with Crippen LogP contribution in [0.1, 0.15) is 64.1 Å². The average Bonchev–Trinajstić information content (AvgIpc) is 3.52. The van der Waals surface area contributed by atoms with Crippen molar-refractivity contribution in [2.75, 3.05) is 20.2 Å². The molecule has 1 aliphatic carbocycles. The Hall–Kier alpha value is -2.85. The SMILES string of the molecule is CCC/C(C(=N)[C@H]1CCCCC1=O)=C(/O)c1nc(OC[C@@H]2CCCN2C)cc(Oc2nccs2)n1. The lowest BCUT2D eigenvalue weighted by atomic mass is 9.81. The number of Topliss-reactive ketones (excluding diaryl/α,β-unsaturated/α-hetero) is 1. The van der Waals surface area contributed by atoms with Gasteiger partial charge in [-0.15, -0.1) is 0 Å². The topological polar surface area (TPSA) is 122 Å². The van der Waals surface area contributed by atoms with Crippen LogP contribution in [0.4, 0.5) is 0 Å². The number of carbonyl (C=O) groups excluding carboxylic acids is 1. The molecule has 9 nitrogen and oxygen atoms in total. The lowest BCUT2D eigenvalue weighted by Crippen LogP contribution is -2.30. The number of hydrogen-bond acceptors (Lipinski definition) is 10. The summed E-state index contributed by atoms with van der Waals surface area (Å²) in [6.45, 7) is 3.47. The van der Waals surface area contributed by atoms with Gasteiger partial charge < -0.3 is 24.9 Å². The maximum absolute atomic E-state index is 12.5. The normalized spacial score (nSPS) is 21.6. The summed E-state index contributed by atoms with van der Waals surface area (Å²) in [5.41, 5.74) is 0.569. The van der Waals surface area contributed by atoms with E-state index in [4.69, 9.17) is 14.9 Å². The van der Waals surface area contributed by atoms with Crippen LogP contribution in [0.3, 0.4) is 0 Å². The number of aliphatic hydroxyl groups excluding tert-OH is 1. The number of likely N-dealkylation sites (N-methyl/N-ethyl adjacent to an activating group) is 1. The fourth-order valence-electron chi connectivity index (χ4n) is 4.62. The minimum atomic E-state index is -0.490. The minimum absolute atomic E-state index is 0.0188. The third-order valence-corrected chi connectivity index (χ3v) is 7.25. The van der Waals surface area contributed by atoms with Crippen LogP contribution < -0.4 is 9.47 Å². The highest BCUT2D eigenvalue weighted by Gasteiger charge is 2.30. The van der Waals surface area contributed by atoms with E-state index < -0.39 is 5.92 Å². The number of allylic oxidation sites excluding steroid dienone is 1. The summed E-state index contributed by atoms with van der Waals surface area (Å²) in [6.07, 6.45) is 7.84. The molecule has 2 aliphatic rings. The second kappa shape index (κ2) is 11.7. The molecule has 2 N–H and O–H groups in total. The summed E-state index contributed by atoms with van der Waals surface area (Å²) in [6, 6.07) is 1.88. The number of rotatable bonds is 10. The zero-order valence-corrected chi connectivity index (χ0v) is 21.1. The van der Waals surface area contributed by atoms with Gasteiger partial charge in [-0.2, -0.15) is 9.97 Å². The minimum Gasteiger partial charge on any atom is -0.504 e. The predicted molar refractivity (Wildman–Crippen MR) is 135 cm³/mol. The van der Waals surface area contributed by atoms with E-state index in [-0.39, 0.29) is 34.8 Å². The molecule has 188 valence electrons. The van der Waals surface area contributed by atoms with Gasteiger partial charge in [-0.1, -0.05) is 31.1 Å². The van der Waals surface area contributed by atoms with Gasteiger partial charge in [-0.25, -0.2) is 4.98 Å². The van der Waals surface area contributed by atoms with Gasteiger partial charge in [0, 0.05) is 35.3 Å². The number of carbonyl (C=O) groups is 1. The van der Waals surface area contributed by atoms with Crippen molar-refractivity contribution in [3.63, 3.8) is 0 Å². The first kappa shape index (κ1) is 25.2. The van der Waals surface area contributed by atoms with Crippen LogP contribution in [0.5, 0.6) is 17.0 Å². The Balaban J connectivity index is 1.66. The van der Waals surface area contributed by atoms with Crippen molar-refractivity contribution in [1.82, 2.24) is 19.9 Å². The van der Waals surface area contributed by atoms with E-state index in [1.54, 1.807) is 17.6 Å². The molecule has 35 heavy (non-hydrogen) atoms. The number of nitrogens with zero attached hydrogens (tertiary/aromatic N) is 4. The Kier molecular flexibility index (Phi) is 8.46. The third kappa shape index (κ3) is 6.24. The lowest BCUT2D eigenvalue weighted by molar-refractivity contribution is -0.122. The van der Waals surface area contributed by atoms with E-state index in [0.29, 0.717) is 49.1 Å². The molecule has 3 heterocycles. The van der Waals surface area contributed by atoms with Crippen LogP contribution in [-0.2, 0) is 4.79 Å². The molecule has 2 fully saturated rings. The molecule has 10 heteroatoms.